The largest absolute Gasteiger partial charge is 0.380 e. The molecule has 0 bridgehead atoms. The minimum atomic E-state index is 0.381. The predicted molar refractivity (Wildman–Crippen MR) is 109 cm³/mol. The highest BCUT2D eigenvalue weighted by Gasteiger charge is 2.30. The molecular weight excluding hydrogens is 340 g/mol. The summed E-state index contributed by atoms with van der Waals surface area (Å²) < 4.78 is 5.53. The molecule has 0 aromatic heterocycles. The summed E-state index contributed by atoms with van der Waals surface area (Å²) in [6.07, 6.45) is 0. The average molecular weight is 369 g/mol. The fourth-order valence-corrected chi connectivity index (χ4v) is 5.16. The Hall–Kier alpha value is -1.33. The molecule has 0 amide bonds. The van der Waals surface area contributed by atoms with Gasteiger partial charge < -0.3 is 4.74 Å². The molecule has 3 nitrogen and oxygen atoms in total. The number of ether oxygens (including phenoxy) is 1. The molecule has 2 aliphatic rings. The van der Waals surface area contributed by atoms with Gasteiger partial charge in [0.25, 0.3) is 0 Å². The van der Waals surface area contributed by atoms with Gasteiger partial charge in [0.15, 0.2) is 0 Å². The van der Waals surface area contributed by atoms with Gasteiger partial charge in [-0.1, -0.05) is 42.5 Å². The Labute approximate surface area is 161 Å². The van der Waals surface area contributed by atoms with E-state index in [4.69, 9.17) is 4.74 Å². The lowest BCUT2D eigenvalue weighted by atomic mass is 9.93. The molecule has 138 valence electrons. The maximum Gasteiger partial charge on any atom is 0.0616 e. The first-order valence-electron chi connectivity index (χ1n) is 9.70. The Kier molecular flexibility index (Phi) is 5.95. The second-order valence-electron chi connectivity index (χ2n) is 7.00. The first-order valence-corrected chi connectivity index (χ1v) is 10.7. The van der Waals surface area contributed by atoms with Crippen molar-refractivity contribution in [2.24, 2.45) is 0 Å². The van der Waals surface area contributed by atoms with Crippen LogP contribution in [0.3, 0.4) is 0 Å². The monoisotopic (exact) mass is 368 g/mol. The Balaban J connectivity index is 1.56. The summed E-state index contributed by atoms with van der Waals surface area (Å²) in [7, 11) is 0. The predicted octanol–water partition coefficient (Wildman–Crippen LogP) is 4.04. The zero-order valence-electron chi connectivity index (χ0n) is 15.6. The van der Waals surface area contributed by atoms with Crippen LogP contribution in [0, 0.1) is 0 Å². The van der Waals surface area contributed by atoms with Crippen molar-refractivity contribution in [3.05, 3.63) is 65.2 Å². The molecule has 1 atom stereocenters. The highest BCUT2D eigenvalue weighted by molar-refractivity contribution is 7.98. The van der Waals surface area contributed by atoms with E-state index in [1.54, 1.807) is 0 Å². The van der Waals surface area contributed by atoms with Crippen molar-refractivity contribution < 1.29 is 4.74 Å². The van der Waals surface area contributed by atoms with Gasteiger partial charge in [-0.3, -0.25) is 9.80 Å². The SMILES string of the molecule is CCOCCN1CCN([C@@H]2c3ccccc3CSc3ccccc32)CC1. The average Bonchev–Trinajstić information content (AvgIpc) is 2.86. The number of nitrogens with zero attached hydrogens (tertiary/aromatic N) is 2. The molecule has 2 aromatic rings. The first kappa shape index (κ1) is 18.1. The van der Waals surface area contributed by atoms with Gasteiger partial charge in [0.2, 0.25) is 0 Å². The third-order valence-corrected chi connectivity index (χ3v) is 6.61. The van der Waals surface area contributed by atoms with E-state index in [1.807, 2.05) is 11.8 Å². The van der Waals surface area contributed by atoms with Gasteiger partial charge in [0.05, 0.1) is 12.6 Å². The van der Waals surface area contributed by atoms with Gasteiger partial charge in [-0.15, -0.1) is 11.8 Å². The van der Waals surface area contributed by atoms with Crippen molar-refractivity contribution in [3.63, 3.8) is 0 Å². The van der Waals surface area contributed by atoms with Crippen molar-refractivity contribution in [2.75, 3.05) is 45.9 Å². The minimum absolute atomic E-state index is 0.381. The number of benzene rings is 2. The van der Waals surface area contributed by atoms with Crippen LogP contribution in [0.15, 0.2) is 53.4 Å². The number of hydrogen-bond donors (Lipinski definition) is 0. The van der Waals surface area contributed by atoms with Crippen LogP contribution in [0.5, 0.6) is 0 Å². The van der Waals surface area contributed by atoms with Crippen molar-refractivity contribution in [3.8, 4) is 0 Å². The third-order valence-electron chi connectivity index (χ3n) is 5.47. The van der Waals surface area contributed by atoms with Gasteiger partial charge in [-0.2, -0.15) is 0 Å². The van der Waals surface area contributed by atoms with Crippen LogP contribution >= 0.6 is 11.8 Å². The molecule has 1 fully saturated rings. The number of fused-ring (bicyclic) bond motifs is 2. The Bertz CT molecular complexity index is 680. The van der Waals surface area contributed by atoms with Crippen LogP contribution in [0.4, 0.5) is 0 Å². The summed E-state index contributed by atoms with van der Waals surface area (Å²) in [5.74, 6) is 1.07. The molecule has 2 heterocycles. The normalized spacial score (nSPS) is 21.0. The van der Waals surface area contributed by atoms with E-state index >= 15 is 0 Å². The van der Waals surface area contributed by atoms with E-state index in [0.717, 1.165) is 51.7 Å². The smallest absolute Gasteiger partial charge is 0.0616 e. The van der Waals surface area contributed by atoms with Crippen LogP contribution in [0.2, 0.25) is 0 Å². The van der Waals surface area contributed by atoms with Gasteiger partial charge in [-0.05, 0) is 29.7 Å². The molecule has 0 radical (unpaired) electrons. The van der Waals surface area contributed by atoms with E-state index in [2.05, 4.69) is 65.3 Å². The minimum Gasteiger partial charge on any atom is -0.380 e. The molecule has 2 aliphatic heterocycles. The number of thioether (sulfide) groups is 1. The highest BCUT2D eigenvalue weighted by atomic mass is 32.2. The summed E-state index contributed by atoms with van der Waals surface area (Å²) in [6.45, 7) is 9.26. The van der Waals surface area contributed by atoms with Crippen LogP contribution in [0.25, 0.3) is 0 Å². The fraction of sp³-hybridized carbons (Fsp3) is 0.455. The summed E-state index contributed by atoms with van der Waals surface area (Å²) in [6, 6.07) is 18.4. The van der Waals surface area contributed by atoms with E-state index in [0.29, 0.717) is 6.04 Å². The molecule has 0 saturated carbocycles. The molecule has 4 rings (SSSR count). The zero-order chi connectivity index (χ0) is 17.8. The van der Waals surface area contributed by atoms with Crippen molar-refractivity contribution >= 4 is 11.8 Å². The molecular formula is C22H28N2OS. The lowest BCUT2D eigenvalue weighted by Crippen LogP contribution is -2.48. The molecule has 2 aromatic carbocycles. The standard InChI is InChI=1S/C22H28N2OS/c1-2-25-16-15-23-11-13-24(14-12-23)22-19-8-4-3-7-18(19)17-26-21-10-6-5-9-20(21)22/h3-10,22H,2,11-17H2,1H3/t22-/m1/s1. The topological polar surface area (TPSA) is 15.7 Å². The van der Waals surface area contributed by atoms with Gasteiger partial charge >= 0.3 is 0 Å². The van der Waals surface area contributed by atoms with Crippen molar-refractivity contribution in [2.45, 2.75) is 23.6 Å². The van der Waals surface area contributed by atoms with Gasteiger partial charge in [-0.25, -0.2) is 0 Å². The van der Waals surface area contributed by atoms with Crippen LogP contribution in [-0.4, -0.2) is 55.7 Å². The third kappa shape index (κ3) is 3.84. The van der Waals surface area contributed by atoms with E-state index in [9.17, 15) is 0 Å². The van der Waals surface area contributed by atoms with Crippen LogP contribution in [0.1, 0.15) is 29.7 Å². The number of rotatable bonds is 5. The summed E-state index contributed by atoms with van der Waals surface area (Å²) in [4.78, 5) is 6.66. The maximum absolute atomic E-state index is 5.53. The molecule has 4 heteroatoms. The second-order valence-corrected chi connectivity index (χ2v) is 8.02. The zero-order valence-corrected chi connectivity index (χ0v) is 16.4. The lowest BCUT2D eigenvalue weighted by Gasteiger charge is -2.40. The Morgan fingerprint density at radius 1 is 0.962 bits per heavy atom. The van der Waals surface area contributed by atoms with Crippen molar-refractivity contribution in [1.82, 2.24) is 9.80 Å². The van der Waals surface area contributed by atoms with E-state index in [-0.39, 0.29) is 0 Å². The Morgan fingerprint density at radius 2 is 1.69 bits per heavy atom. The maximum atomic E-state index is 5.53. The fourth-order valence-electron chi connectivity index (χ4n) is 4.07. The molecule has 0 aliphatic carbocycles. The molecule has 0 unspecified atom stereocenters. The van der Waals surface area contributed by atoms with Gasteiger partial charge in [0, 0.05) is 50.0 Å². The lowest BCUT2D eigenvalue weighted by molar-refractivity contribution is 0.0705. The first-order chi connectivity index (χ1) is 12.9. The molecule has 0 N–H and O–H groups in total. The van der Waals surface area contributed by atoms with Crippen LogP contribution in [-0.2, 0) is 10.5 Å². The molecule has 26 heavy (non-hydrogen) atoms. The van der Waals surface area contributed by atoms with Crippen LogP contribution < -0.4 is 0 Å². The van der Waals surface area contributed by atoms with E-state index in [1.165, 1.54) is 21.6 Å². The molecule has 1 saturated heterocycles. The number of piperazine rings is 1. The summed E-state index contributed by atoms with van der Waals surface area (Å²) in [5, 5.41) is 0. The van der Waals surface area contributed by atoms with Crippen molar-refractivity contribution in [1.29, 1.82) is 0 Å². The second kappa shape index (κ2) is 8.57. The summed E-state index contributed by atoms with van der Waals surface area (Å²) >= 11 is 1.98. The summed E-state index contributed by atoms with van der Waals surface area (Å²) in [5.41, 5.74) is 4.45. The molecule has 0 spiro atoms. The number of hydrogen-bond acceptors (Lipinski definition) is 4. The Morgan fingerprint density at radius 3 is 2.50 bits per heavy atom. The quantitative estimate of drug-likeness (QED) is 0.740. The van der Waals surface area contributed by atoms with Gasteiger partial charge in [0.1, 0.15) is 0 Å². The van der Waals surface area contributed by atoms with E-state index < -0.39 is 0 Å². The highest BCUT2D eigenvalue weighted by Crippen LogP contribution is 2.42.